The van der Waals surface area contributed by atoms with Crippen LogP contribution in [0, 0.1) is 13.8 Å². The molecule has 7 heteroatoms. The van der Waals surface area contributed by atoms with Gasteiger partial charge in [0, 0.05) is 12.2 Å². The van der Waals surface area contributed by atoms with Crippen molar-refractivity contribution in [1.82, 2.24) is 5.32 Å². The Kier molecular flexibility index (Phi) is 5.58. The maximum atomic E-state index is 11.9. The Hall–Kier alpha value is -2.38. The Morgan fingerprint density at radius 3 is 2.17 bits per heavy atom. The van der Waals surface area contributed by atoms with Crippen LogP contribution < -0.4 is 15.8 Å². The summed E-state index contributed by atoms with van der Waals surface area (Å²) in [6, 6.07) is 12.1. The molecule has 0 aliphatic heterocycles. The fraction of sp³-hybridized carbons (Fsp3) is 0.235. The number of hydrogen-bond donors (Lipinski definition) is 3. The molecule has 0 atom stereocenters. The van der Waals surface area contributed by atoms with Crippen LogP contribution in [0.25, 0.3) is 0 Å². The van der Waals surface area contributed by atoms with E-state index in [9.17, 15) is 13.2 Å². The highest BCUT2D eigenvalue weighted by molar-refractivity contribution is 7.89. The van der Waals surface area contributed by atoms with Gasteiger partial charge < -0.3 is 10.6 Å². The van der Waals surface area contributed by atoms with Crippen LogP contribution >= 0.6 is 0 Å². The summed E-state index contributed by atoms with van der Waals surface area (Å²) in [5, 5.41) is 10.9. The number of aryl methyl sites for hydroxylation is 2. The molecule has 0 saturated heterocycles. The first-order valence-corrected chi connectivity index (χ1v) is 8.99. The van der Waals surface area contributed by atoms with Crippen LogP contribution in [-0.4, -0.2) is 20.9 Å². The van der Waals surface area contributed by atoms with Crippen molar-refractivity contribution < 1.29 is 13.2 Å². The summed E-state index contributed by atoms with van der Waals surface area (Å²) in [5.74, 6) is -0.148. The number of nitrogens with one attached hydrogen (secondary N) is 2. The van der Waals surface area contributed by atoms with E-state index in [1.165, 1.54) is 12.1 Å². The normalized spacial score (nSPS) is 11.1. The number of sulfonamides is 1. The number of primary sulfonamides is 1. The van der Waals surface area contributed by atoms with Crippen molar-refractivity contribution in [2.24, 2.45) is 5.14 Å². The first kappa shape index (κ1) is 18.0. The summed E-state index contributed by atoms with van der Waals surface area (Å²) in [4.78, 5) is 11.9. The highest BCUT2D eigenvalue weighted by Crippen LogP contribution is 2.13. The summed E-state index contributed by atoms with van der Waals surface area (Å²) in [6.07, 6.45) is 0. The molecule has 2 rings (SSSR count). The van der Waals surface area contributed by atoms with Gasteiger partial charge in [-0.1, -0.05) is 18.2 Å². The summed E-state index contributed by atoms with van der Waals surface area (Å²) in [5.41, 5.74) is 3.96. The van der Waals surface area contributed by atoms with E-state index >= 15 is 0 Å². The second kappa shape index (κ2) is 7.46. The summed E-state index contributed by atoms with van der Waals surface area (Å²) >= 11 is 0. The Bertz CT molecular complexity index is 810. The number of rotatable bonds is 6. The molecule has 0 heterocycles. The molecule has 4 N–H and O–H groups in total. The lowest BCUT2D eigenvalue weighted by atomic mass is 10.1. The molecule has 2 aromatic rings. The number of benzene rings is 2. The Balaban J connectivity index is 1.85. The van der Waals surface area contributed by atoms with Crippen molar-refractivity contribution >= 4 is 21.6 Å². The first-order valence-electron chi connectivity index (χ1n) is 7.44. The van der Waals surface area contributed by atoms with Gasteiger partial charge in [-0.05, 0) is 54.8 Å². The molecule has 0 fully saturated rings. The van der Waals surface area contributed by atoms with Gasteiger partial charge in [0.15, 0.2) is 0 Å². The van der Waals surface area contributed by atoms with E-state index in [0.717, 1.165) is 22.4 Å². The molecular weight excluding hydrogens is 326 g/mol. The van der Waals surface area contributed by atoms with Crippen molar-refractivity contribution in [1.29, 1.82) is 0 Å². The topological polar surface area (TPSA) is 101 Å². The monoisotopic (exact) mass is 347 g/mol. The number of carbonyl (C=O) groups excluding carboxylic acids is 1. The smallest absolute Gasteiger partial charge is 0.239 e. The van der Waals surface area contributed by atoms with E-state index in [1.54, 1.807) is 12.1 Å². The highest BCUT2D eigenvalue weighted by atomic mass is 32.2. The Labute approximate surface area is 142 Å². The van der Waals surface area contributed by atoms with E-state index in [1.807, 2.05) is 26.0 Å². The Morgan fingerprint density at radius 1 is 1.04 bits per heavy atom. The molecule has 0 saturated carbocycles. The first-order chi connectivity index (χ1) is 11.2. The third-order valence-corrected chi connectivity index (χ3v) is 4.35. The van der Waals surface area contributed by atoms with Crippen LogP contribution in [0.15, 0.2) is 47.4 Å². The van der Waals surface area contributed by atoms with E-state index < -0.39 is 10.0 Å². The minimum Gasteiger partial charge on any atom is -0.376 e. The number of nitrogens with two attached hydrogens (primary N) is 1. The molecule has 0 aromatic heterocycles. The highest BCUT2D eigenvalue weighted by Gasteiger charge is 2.07. The van der Waals surface area contributed by atoms with Gasteiger partial charge >= 0.3 is 0 Å². The van der Waals surface area contributed by atoms with Crippen molar-refractivity contribution in [3.05, 3.63) is 59.2 Å². The molecule has 2 aromatic carbocycles. The molecule has 6 nitrogen and oxygen atoms in total. The lowest BCUT2D eigenvalue weighted by Crippen LogP contribution is -2.29. The van der Waals surface area contributed by atoms with Gasteiger partial charge in [-0.15, -0.1) is 0 Å². The second-order valence-corrected chi connectivity index (χ2v) is 7.26. The Morgan fingerprint density at radius 2 is 1.62 bits per heavy atom. The average Bonchev–Trinajstić information content (AvgIpc) is 2.49. The van der Waals surface area contributed by atoms with Gasteiger partial charge in [-0.25, -0.2) is 13.6 Å². The largest absolute Gasteiger partial charge is 0.376 e. The van der Waals surface area contributed by atoms with Gasteiger partial charge in [-0.2, -0.15) is 0 Å². The van der Waals surface area contributed by atoms with Crippen molar-refractivity contribution in [3.8, 4) is 0 Å². The zero-order chi connectivity index (χ0) is 17.7. The second-order valence-electron chi connectivity index (χ2n) is 5.70. The predicted octanol–water partition coefficient (Wildman–Crippen LogP) is 1.68. The fourth-order valence-corrected chi connectivity index (χ4v) is 2.83. The van der Waals surface area contributed by atoms with Crippen LogP contribution in [0.3, 0.4) is 0 Å². The van der Waals surface area contributed by atoms with E-state index in [4.69, 9.17) is 5.14 Å². The van der Waals surface area contributed by atoms with E-state index in [-0.39, 0.29) is 17.3 Å². The maximum absolute atomic E-state index is 11.9. The van der Waals surface area contributed by atoms with Crippen molar-refractivity contribution in [2.75, 3.05) is 11.9 Å². The molecule has 0 radical (unpaired) electrons. The molecule has 0 bridgehead atoms. The minimum atomic E-state index is -3.69. The predicted molar refractivity (Wildman–Crippen MR) is 94.1 cm³/mol. The molecule has 0 aliphatic rings. The van der Waals surface area contributed by atoms with Crippen molar-refractivity contribution in [2.45, 2.75) is 25.3 Å². The summed E-state index contributed by atoms with van der Waals surface area (Å²) in [6.45, 7) is 4.49. The molecular formula is C17H21N3O3S. The van der Waals surface area contributed by atoms with Crippen LogP contribution in [0.2, 0.25) is 0 Å². The maximum Gasteiger partial charge on any atom is 0.239 e. The molecule has 24 heavy (non-hydrogen) atoms. The van der Waals surface area contributed by atoms with E-state index in [0.29, 0.717) is 6.54 Å². The standard InChI is InChI=1S/C17H21N3O3S/c1-12-7-13(2)9-15(8-12)19-11-17(21)20-10-14-3-5-16(6-4-14)24(18,22)23/h3-9,19H,10-11H2,1-2H3,(H,20,21)(H2,18,22,23). The number of carbonyl (C=O) groups is 1. The van der Waals surface area contributed by atoms with E-state index in [2.05, 4.69) is 16.7 Å². The quantitative estimate of drug-likeness (QED) is 0.740. The zero-order valence-electron chi connectivity index (χ0n) is 13.7. The number of anilines is 1. The molecule has 1 amide bonds. The van der Waals surface area contributed by atoms with Crippen LogP contribution in [0.4, 0.5) is 5.69 Å². The summed E-state index contributed by atoms with van der Waals surface area (Å²) < 4.78 is 22.4. The average molecular weight is 347 g/mol. The van der Waals surface area contributed by atoms with Crippen LogP contribution in [0.1, 0.15) is 16.7 Å². The third kappa shape index (κ3) is 5.36. The number of amides is 1. The van der Waals surface area contributed by atoms with Gasteiger partial charge in [0.25, 0.3) is 0 Å². The zero-order valence-corrected chi connectivity index (χ0v) is 14.5. The SMILES string of the molecule is Cc1cc(C)cc(NCC(=O)NCc2ccc(S(N)(=O)=O)cc2)c1. The number of hydrogen-bond acceptors (Lipinski definition) is 4. The lowest BCUT2D eigenvalue weighted by molar-refractivity contribution is -0.119. The van der Waals surface area contributed by atoms with Crippen molar-refractivity contribution in [3.63, 3.8) is 0 Å². The van der Waals surface area contributed by atoms with Crippen LogP contribution in [-0.2, 0) is 21.4 Å². The van der Waals surface area contributed by atoms with Gasteiger partial charge in [0.2, 0.25) is 15.9 Å². The lowest BCUT2D eigenvalue weighted by Gasteiger charge is -2.10. The third-order valence-electron chi connectivity index (χ3n) is 3.42. The summed E-state index contributed by atoms with van der Waals surface area (Å²) in [7, 11) is -3.69. The molecule has 0 unspecified atom stereocenters. The van der Waals surface area contributed by atoms with Crippen LogP contribution in [0.5, 0.6) is 0 Å². The van der Waals surface area contributed by atoms with Gasteiger partial charge in [0.1, 0.15) is 0 Å². The molecule has 0 aliphatic carbocycles. The molecule has 0 spiro atoms. The van der Waals surface area contributed by atoms with Gasteiger partial charge in [-0.3, -0.25) is 4.79 Å². The molecule has 128 valence electrons. The minimum absolute atomic E-state index is 0.0501. The van der Waals surface area contributed by atoms with Gasteiger partial charge in [0.05, 0.1) is 11.4 Å². The fourth-order valence-electron chi connectivity index (χ4n) is 2.32.